The number of nitrogens with zero attached hydrogens (tertiary/aromatic N) is 2. The molecule has 0 spiro atoms. The van der Waals surface area contributed by atoms with Gasteiger partial charge in [0.05, 0.1) is 11.4 Å². The number of rotatable bonds is 6. The molecule has 3 rings (SSSR count). The number of carbonyl (C=O) groups excluding carboxylic acids is 1. The summed E-state index contributed by atoms with van der Waals surface area (Å²) in [5.74, 6) is -1.06. The van der Waals surface area contributed by atoms with Gasteiger partial charge in [-0.15, -0.1) is 11.3 Å². The minimum absolute atomic E-state index is 0.0120. The number of thiazole rings is 1. The normalized spacial score (nSPS) is 10.8. The molecular formula is C19H16F3N3O2S. The topological polar surface area (TPSA) is 54.5 Å². The lowest BCUT2D eigenvalue weighted by molar-refractivity contribution is -0.0494. The molecule has 9 heteroatoms. The Morgan fingerprint density at radius 2 is 1.96 bits per heavy atom. The first-order valence-electron chi connectivity index (χ1n) is 8.13. The maximum Gasteiger partial charge on any atom is 0.387 e. The molecule has 146 valence electrons. The van der Waals surface area contributed by atoms with E-state index in [0.717, 1.165) is 17.4 Å². The average molecular weight is 407 g/mol. The van der Waals surface area contributed by atoms with Crippen LogP contribution in [0.4, 0.5) is 24.0 Å². The smallest absolute Gasteiger partial charge is 0.387 e. The molecule has 0 aliphatic heterocycles. The molecule has 3 aromatic rings. The first-order valence-corrected chi connectivity index (χ1v) is 9.01. The van der Waals surface area contributed by atoms with Crippen LogP contribution >= 0.6 is 11.3 Å². The third kappa shape index (κ3) is 4.42. The molecule has 28 heavy (non-hydrogen) atoms. The Labute approximate surface area is 163 Å². The Morgan fingerprint density at radius 1 is 1.21 bits per heavy atom. The van der Waals surface area contributed by atoms with Crippen LogP contribution in [0.5, 0.6) is 5.75 Å². The second kappa shape index (κ2) is 8.30. The monoisotopic (exact) mass is 407 g/mol. The maximum absolute atomic E-state index is 14.1. The average Bonchev–Trinajstić information content (AvgIpc) is 3.09. The minimum atomic E-state index is -2.96. The van der Waals surface area contributed by atoms with Crippen LogP contribution in [0.1, 0.15) is 10.4 Å². The number of ether oxygens (including phenoxy) is 1. The Hall–Kier alpha value is -3.07. The second-order valence-corrected chi connectivity index (χ2v) is 6.79. The summed E-state index contributed by atoms with van der Waals surface area (Å²) in [6.07, 6.45) is 0. The van der Waals surface area contributed by atoms with Crippen LogP contribution in [0.25, 0.3) is 11.3 Å². The van der Waals surface area contributed by atoms with Crippen molar-refractivity contribution in [1.82, 2.24) is 4.98 Å². The van der Waals surface area contributed by atoms with Gasteiger partial charge >= 0.3 is 6.61 Å². The molecule has 0 bridgehead atoms. The van der Waals surface area contributed by atoms with E-state index in [9.17, 15) is 18.0 Å². The highest BCUT2D eigenvalue weighted by Gasteiger charge is 2.16. The lowest BCUT2D eigenvalue weighted by Gasteiger charge is -2.13. The number of amides is 1. The number of nitrogens with one attached hydrogen (secondary N) is 1. The fourth-order valence-electron chi connectivity index (χ4n) is 2.51. The minimum Gasteiger partial charge on any atom is -0.434 e. The standard InChI is InChI=1S/C19H16F3N3O2S/c1-25(2)15-8-7-11(9-13(15)20)17(26)24-19-23-14(10-28-19)12-5-3-4-6-16(12)27-18(21)22/h3-10,18H,1-2H3,(H,23,24,26). The van der Waals surface area contributed by atoms with E-state index >= 15 is 0 Å². The zero-order valence-electron chi connectivity index (χ0n) is 14.9. The van der Waals surface area contributed by atoms with Crippen LogP contribution in [-0.2, 0) is 0 Å². The van der Waals surface area contributed by atoms with Gasteiger partial charge in [0.25, 0.3) is 5.91 Å². The van der Waals surface area contributed by atoms with Crippen LogP contribution in [0, 0.1) is 5.82 Å². The zero-order chi connectivity index (χ0) is 20.3. The van der Waals surface area contributed by atoms with Crippen molar-refractivity contribution < 1.29 is 22.7 Å². The van der Waals surface area contributed by atoms with Crippen LogP contribution < -0.4 is 15.0 Å². The van der Waals surface area contributed by atoms with Crippen molar-refractivity contribution in [1.29, 1.82) is 0 Å². The molecule has 0 aliphatic carbocycles. The van der Waals surface area contributed by atoms with Gasteiger partial charge in [-0.05, 0) is 30.3 Å². The van der Waals surface area contributed by atoms with E-state index in [1.807, 2.05) is 0 Å². The predicted molar refractivity (Wildman–Crippen MR) is 103 cm³/mol. The van der Waals surface area contributed by atoms with Crippen molar-refractivity contribution >= 4 is 28.1 Å². The van der Waals surface area contributed by atoms with Crippen molar-refractivity contribution in [2.24, 2.45) is 0 Å². The lowest BCUT2D eigenvalue weighted by Crippen LogP contribution is -2.14. The molecular weight excluding hydrogens is 391 g/mol. The summed E-state index contributed by atoms with van der Waals surface area (Å²) in [5, 5.41) is 4.45. The number of hydrogen-bond donors (Lipinski definition) is 1. The summed E-state index contributed by atoms with van der Waals surface area (Å²) >= 11 is 1.12. The van der Waals surface area contributed by atoms with Gasteiger partial charge < -0.3 is 9.64 Å². The van der Waals surface area contributed by atoms with Gasteiger partial charge in [-0.2, -0.15) is 8.78 Å². The van der Waals surface area contributed by atoms with Gasteiger partial charge in [-0.3, -0.25) is 10.1 Å². The number of halogens is 3. The van der Waals surface area contributed by atoms with Crippen molar-refractivity contribution in [3.8, 4) is 17.0 Å². The van der Waals surface area contributed by atoms with Crippen molar-refractivity contribution in [3.05, 3.63) is 59.2 Å². The SMILES string of the molecule is CN(C)c1ccc(C(=O)Nc2nc(-c3ccccc3OC(F)F)cs2)cc1F. The summed E-state index contributed by atoms with van der Waals surface area (Å²) in [7, 11) is 3.40. The molecule has 0 aliphatic rings. The number of hydrogen-bond acceptors (Lipinski definition) is 5. The van der Waals surface area contributed by atoms with Gasteiger partial charge in [-0.25, -0.2) is 9.37 Å². The molecule has 0 saturated carbocycles. The van der Waals surface area contributed by atoms with Crippen molar-refractivity contribution in [3.63, 3.8) is 0 Å². The summed E-state index contributed by atoms with van der Waals surface area (Å²) < 4.78 is 43.7. The van der Waals surface area contributed by atoms with Gasteiger partial charge in [0.1, 0.15) is 11.6 Å². The molecule has 5 nitrogen and oxygen atoms in total. The van der Waals surface area contributed by atoms with E-state index in [0.29, 0.717) is 16.9 Å². The van der Waals surface area contributed by atoms with Gasteiger partial charge in [0.2, 0.25) is 0 Å². The van der Waals surface area contributed by atoms with Crippen molar-refractivity contribution in [2.45, 2.75) is 6.61 Å². The molecule has 0 radical (unpaired) electrons. The summed E-state index contributed by atoms with van der Waals surface area (Å²) in [5.41, 5.74) is 1.26. The maximum atomic E-state index is 14.1. The number of para-hydroxylation sites is 1. The third-order valence-electron chi connectivity index (χ3n) is 3.80. The number of alkyl halides is 2. The fraction of sp³-hybridized carbons (Fsp3) is 0.158. The van der Waals surface area contributed by atoms with Crippen LogP contribution in [-0.4, -0.2) is 31.6 Å². The highest BCUT2D eigenvalue weighted by atomic mass is 32.1. The molecule has 1 N–H and O–H groups in total. The molecule has 2 aromatic carbocycles. The number of carbonyl (C=O) groups is 1. The van der Waals surface area contributed by atoms with Crippen LogP contribution in [0.2, 0.25) is 0 Å². The predicted octanol–water partition coefficient (Wildman–Crippen LogP) is 4.87. The molecule has 1 heterocycles. The van der Waals surface area contributed by atoms with Crippen LogP contribution in [0.3, 0.4) is 0 Å². The largest absolute Gasteiger partial charge is 0.434 e. The van der Waals surface area contributed by atoms with E-state index in [1.54, 1.807) is 42.6 Å². The quantitative estimate of drug-likeness (QED) is 0.634. The van der Waals surface area contributed by atoms with E-state index in [-0.39, 0.29) is 16.4 Å². The molecule has 0 atom stereocenters. The number of aromatic nitrogens is 1. The first kappa shape index (κ1) is 19.7. The van der Waals surface area contributed by atoms with Gasteiger partial charge in [-0.1, -0.05) is 12.1 Å². The molecule has 0 unspecified atom stereocenters. The lowest BCUT2D eigenvalue weighted by atomic mass is 10.1. The Morgan fingerprint density at radius 3 is 2.64 bits per heavy atom. The number of benzene rings is 2. The van der Waals surface area contributed by atoms with E-state index in [2.05, 4.69) is 15.0 Å². The summed E-state index contributed by atoms with van der Waals surface area (Å²) in [4.78, 5) is 18.2. The summed E-state index contributed by atoms with van der Waals surface area (Å²) in [6.45, 7) is -2.96. The highest BCUT2D eigenvalue weighted by molar-refractivity contribution is 7.14. The van der Waals surface area contributed by atoms with Crippen LogP contribution in [0.15, 0.2) is 47.8 Å². The third-order valence-corrected chi connectivity index (χ3v) is 4.55. The van der Waals surface area contributed by atoms with Gasteiger partial charge in [0, 0.05) is 30.6 Å². The van der Waals surface area contributed by atoms with Crippen molar-refractivity contribution in [2.75, 3.05) is 24.3 Å². The molecule has 0 fully saturated rings. The molecule has 1 amide bonds. The van der Waals surface area contributed by atoms with E-state index < -0.39 is 18.3 Å². The molecule has 1 aromatic heterocycles. The Kier molecular flexibility index (Phi) is 5.84. The Bertz CT molecular complexity index is 992. The fourth-order valence-corrected chi connectivity index (χ4v) is 3.22. The second-order valence-electron chi connectivity index (χ2n) is 5.93. The zero-order valence-corrected chi connectivity index (χ0v) is 15.8. The Balaban J connectivity index is 1.78. The van der Waals surface area contributed by atoms with E-state index in [1.165, 1.54) is 18.2 Å². The molecule has 0 saturated heterocycles. The highest BCUT2D eigenvalue weighted by Crippen LogP contribution is 2.33. The first-order chi connectivity index (χ1) is 13.3. The number of anilines is 2. The van der Waals surface area contributed by atoms with Gasteiger partial charge in [0.15, 0.2) is 5.13 Å². The van der Waals surface area contributed by atoms with E-state index in [4.69, 9.17) is 0 Å². The summed E-state index contributed by atoms with van der Waals surface area (Å²) in [6, 6.07) is 10.4.